The standard InChI is InChI=1S/C26H36N4O4/c1-17(2)23(29(4)24(32)15-27-16-31)13-18(3)26(34)30-12-6-9-22(30)25(33)28-21-11-10-19-7-5-8-20(19)14-21/h10-11,13-14,16-17,22-23H,5-9,12,15H2,1-4H3,(H,27,31)(H,28,33)/b18-13+/t22-,23+/m0/s1. The van der Waals surface area contributed by atoms with E-state index < -0.39 is 6.04 Å². The molecule has 1 aromatic carbocycles. The molecule has 184 valence electrons. The van der Waals surface area contributed by atoms with Gasteiger partial charge in [0.05, 0.1) is 12.6 Å². The molecule has 4 amide bonds. The van der Waals surface area contributed by atoms with Crippen LogP contribution in [0.1, 0.15) is 51.2 Å². The molecule has 1 heterocycles. The van der Waals surface area contributed by atoms with Gasteiger partial charge >= 0.3 is 0 Å². The van der Waals surface area contributed by atoms with Crippen LogP contribution in [-0.2, 0) is 32.0 Å². The number of hydrogen-bond donors (Lipinski definition) is 2. The number of rotatable bonds is 9. The maximum Gasteiger partial charge on any atom is 0.249 e. The van der Waals surface area contributed by atoms with Crippen molar-refractivity contribution in [2.24, 2.45) is 5.92 Å². The third-order valence-electron chi connectivity index (χ3n) is 6.80. The van der Waals surface area contributed by atoms with Crippen molar-refractivity contribution in [3.8, 4) is 0 Å². The average Bonchev–Trinajstić information content (AvgIpc) is 3.48. The van der Waals surface area contributed by atoms with E-state index in [-0.39, 0.29) is 36.2 Å². The Hall–Kier alpha value is -3.16. The number of anilines is 1. The van der Waals surface area contributed by atoms with Gasteiger partial charge in [-0.15, -0.1) is 0 Å². The minimum atomic E-state index is -0.516. The number of aryl methyl sites for hydroxylation is 2. The van der Waals surface area contributed by atoms with E-state index in [9.17, 15) is 19.2 Å². The molecule has 0 aromatic heterocycles. The Morgan fingerprint density at radius 3 is 2.62 bits per heavy atom. The zero-order valence-electron chi connectivity index (χ0n) is 20.6. The van der Waals surface area contributed by atoms with E-state index in [1.165, 1.54) is 11.1 Å². The van der Waals surface area contributed by atoms with E-state index in [0.29, 0.717) is 24.9 Å². The van der Waals surface area contributed by atoms with E-state index in [4.69, 9.17) is 0 Å². The fourth-order valence-corrected chi connectivity index (χ4v) is 4.88. The largest absolute Gasteiger partial charge is 0.350 e. The van der Waals surface area contributed by atoms with E-state index in [1.54, 1.807) is 29.8 Å². The molecule has 3 rings (SSSR count). The molecule has 0 spiro atoms. The van der Waals surface area contributed by atoms with Gasteiger partial charge in [-0.1, -0.05) is 26.0 Å². The summed E-state index contributed by atoms with van der Waals surface area (Å²) in [7, 11) is 1.66. The summed E-state index contributed by atoms with van der Waals surface area (Å²) in [5, 5.41) is 5.39. The summed E-state index contributed by atoms with van der Waals surface area (Å²) in [5.41, 5.74) is 3.92. The molecule has 1 aliphatic heterocycles. The number of carbonyl (C=O) groups is 4. The molecule has 1 aliphatic carbocycles. The van der Waals surface area contributed by atoms with Crippen LogP contribution in [0.25, 0.3) is 0 Å². The predicted octanol–water partition coefficient (Wildman–Crippen LogP) is 2.28. The highest BCUT2D eigenvalue weighted by Gasteiger charge is 2.35. The smallest absolute Gasteiger partial charge is 0.249 e. The predicted molar refractivity (Wildman–Crippen MR) is 131 cm³/mol. The molecule has 1 aromatic rings. The van der Waals surface area contributed by atoms with Crippen LogP contribution >= 0.6 is 0 Å². The summed E-state index contributed by atoms with van der Waals surface area (Å²) in [6, 6.07) is 5.24. The van der Waals surface area contributed by atoms with Crippen molar-refractivity contribution in [1.82, 2.24) is 15.1 Å². The van der Waals surface area contributed by atoms with Gasteiger partial charge in [0.25, 0.3) is 0 Å². The van der Waals surface area contributed by atoms with Gasteiger partial charge in [-0.2, -0.15) is 0 Å². The van der Waals surface area contributed by atoms with Gasteiger partial charge in [-0.25, -0.2) is 0 Å². The van der Waals surface area contributed by atoms with Gasteiger partial charge in [-0.05, 0) is 68.2 Å². The maximum atomic E-state index is 13.3. The molecule has 0 saturated carbocycles. The average molecular weight is 469 g/mol. The molecule has 1 saturated heterocycles. The van der Waals surface area contributed by atoms with Crippen LogP contribution in [0.5, 0.6) is 0 Å². The minimum Gasteiger partial charge on any atom is -0.350 e. The summed E-state index contributed by atoms with van der Waals surface area (Å²) < 4.78 is 0. The van der Waals surface area contributed by atoms with Crippen LogP contribution < -0.4 is 10.6 Å². The second kappa shape index (κ2) is 11.3. The quantitative estimate of drug-likeness (QED) is 0.429. The summed E-state index contributed by atoms with van der Waals surface area (Å²) in [5.74, 6) is -0.533. The lowest BCUT2D eigenvalue weighted by Gasteiger charge is -2.30. The zero-order valence-corrected chi connectivity index (χ0v) is 20.6. The molecule has 1 fully saturated rings. The van der Waals surface area contributed by atoms with Crippen molar-refractivity contribution in [3.63, 3.8) is 0 Å². The number of nitrogens with one attached hydrogen (secondary N) is 2. The van der Waals surface area contributed by atoms with E-state index in [0.717, 1.165) is 31.4 Å². The second-order valence-corrected chi connectivity index (χ2v) is 9.57. The van der Waals surface area contributed by atoms with Gasteiger partial charge in [0.2, 0.25) is 24.1 Å². The van der Waals surface area contributed by atoms with E-state index >= 15 is 0 Å². The fraction of sp³-hybridized carbons (Fsp3) is 0.538. The van der Waals surface area contributed by atoms with Crippen molar-refractivity contribution in [1.29, 1.82) is 0 Å². The molecule has 0 radical (unpaired) electrons. The maximum absolute atomic E-state index is 13.3. The topological polar surface area (TPSA) is 98.8 Å². The lowest BCUT2D eigenvalue weighted by molar-refractivity contribution is -0.133. The highest BCUT2D eigenvalue weighted by atomic mass is 16.2. The van der Waals surface area contributed by atoms with Crippen molar-refractivity contribution >= 4 is 29.8 Å². The number of amides is 4. The summed E-state index contributed by atoms with van der Waals surface area (Å²) in [6.07, 6.45) is 6.95. The van der Waals surface area contributed by atoms with Crippen LogP contribution in [0, 0.1) is 5.92 Å². The van der Waals surface area contributed by atoms with Gasteiger partial charge in [0, 0.05) is 24.9 Å². The molecular weight excluding hydrogens is 432 g/mol. The number of nitrogens with zero attached hydrogens (tertiary/aromatic N) is 2. The molecule has 2 aliphatic rings. The molecule has 2 N–H and O–H groups in total. The Morgan fingerprint density at radius 1 is 1.18 bits per heavy atom. The number of carbonyl (C=O) groups excluding carboxylic acids is 4. The Labute approximate surface area is 201 Å². The Balaban J connectivity index is 1.69. The summed E-state index contributed by atoms with van der Waals surface area (Å²) in [6.45, 7) is 6.10. The van der Waals surface area contributed by atoms with Gasteiger partial charge in [0.1, 0.15) is 6.04 Å². The van der Waals surface area contributed by atoms with Crippen molar-refractivity contribution in [2.75, 3.05) is 25.5 Å². The molecule has 8 heteroatoms. The van der Waals surface area contributed by atoms with E-state index in [2.05, 4.69) is 16.7 Å². The normalized spacial score (nSPS) is 18.4. The summed E-state index contributed by atoms with van der Waals surface area (Å²) in [4.78, 5) is 52.4. The van der Waals surface area contributed by atoms with Crippen LogP contribution in [0.4, 0.5) is 5.69 Å². The number of fused-ring (bicyclic) bond motifs is 1. The van der Waals surface area contributed by atoms with E-state index in [1.807, 2.05) is 26.0 Å². The number of hydrogen-bond acceptors (Lipinski definition) is 4. The SMILES string of the molecule is C/C(=C\[C@H](C(C)C)N(C)C(=O)CNC=O)C(=O)N1CCC[C@H]1C(=O)Nc1ccc2c(c1)CCC2. The second-order valence-electron chi connectivity index (χ2n) is 9.57. The Morgan fingerprint density at radius 2 is 1.91 bits per heavy atom. The molecule has 0 unspecified atom stereocenters. The van der Waals surface area contributed by atoms with Crippen LogP contribution in [-0.4, -0.2) is 66.2 Å². The van der Waals surface area contributed by atoms with Gasteiger partial charge in [-0.3, -0.25) is 19.2 Å². The highest BCUT2D eigenvalue weighted by Crippen LogP contribution is 2.26. The monoisotopic (exact) mass is 468 g/mol. The van der Waals surface area contributed by atoms with Gasteiger partial charge in [0.15, 0.2) is 0 Å². The highest BCUT2D eigenvalue weighted by molar-refractivity contribution is 6.01. The van der Waals surface area contributed by atoms with Crippen LogP contribution in [0.3, 0.4) is 0 Å². The first-order valence-electron chi connectivity index (χ1n) is 12.1. The van der Waals surface area contributed by atoms with Gasteiger partial charge < -0.3 is 20.4 Å². The first kappa shape index (κ1) is 25.5. The first-order valence-corrected chi connectivity index (χ1v) is 12.1. The number of likely N-dealkylation sites (N-methyl/N-ethyl adjacent to an activating group) is 1. The number of likely N-dealkylation sites (tertiary alicyclic amines) is 1. The molecule has 0 bridgehead atoms. The molecule has 34 heavy (non-hydrogen) atoms. The zero-order chi connectivity index (χ0) is 24.8. The lowest BCUT2D eigenvalue weighted by atomic mass is 9.99. The first-order chi connectivity index (χ1) is 16.2. The van der Waals surface area contributed by atoms with Crippen molar-refractivity contribution < 1.29 is 19.2 Å². The third kappa shape index (κ3) is 5.85. The molecular formula is C26H36N4O4. The van der Waals surface area contributed by atoms with Crippen molar-refractivity contribution in [3.05, 3.63) is 41.0 Å². The van der Waals surface area contributed by atoms with Crippen LogP contribution in [0.15, 0.2) is 29.8 Å². The third-order valence-corrected chi connectivity index (χ3v) is 6.80. The Bertz CT molecular complexity index is 972. The number of benzene rings is 1. The van der Waals surface area contributed by atoms with Crippen molar-refractivity contribution in [2.45, 2.75) is 65.0 Å². The fourth-order valence-electron chi connectivity index (χ4n) is 4.88. The molecule has 2 atom stereocenters. The summed E-state index contributed by atoms with van der Waals surface area (Å²) >= 11 is 0. The Kier molecular flexibility index (Phi) is 8.47. The lowest BCUT2D eigenvalue weighted by Crippen LogP contribution is -2.45. The molecule has 8 nitrogen and oxygen atoms in total. The minimum absolute atomic E-state index is 0.0606. The van der Waals surface area contributed by atoms with Crippen LogP contribution in [0.2, 0.25) is 0 Å².